The van der Waals surface area contributed by atoms with Crippen molar-refractivity contribution < 1.29 is 4.79 Å². The summed E-state index contributed by atoms with van der Waals surface area (Å²) in [5.74, 6) is 0.840. The molecule has 3 heteroatoms. The molecule has 2 rings (SSSR count). The second-order valence-corrected chi connectivity index (χ2v) is 8.56. The van der Waals surface area contributed by atoms with Crippen LogP contribution in [0.5, 0.6) is 0 Å². The fourth-order valence-corrected chi connectivity index (χ4v) is 3.03. The number of amides is 1. The van der Waals surface area contributed by atoms with Crippen molar-refractivity contribution in [2.45, 2.75) is 52.3 Å². The third kappa shape index (κ3) is 3.68. The van der Waals surface area contributed by atoms with E-state index in [1.807, 2.05) is 25.7 Å². The van der Waals surface area contributed by atoms with Crippen molar-refractivity contribution in [3.05, 3.63) is 29.3 Å². The maximum atomic E-state index is 12.5. The predicted molar refractivity (Wildman–Crippen MR) is 93.2 cm³/mol. The van der Waals surface area contributed by atoms with Crippen LogP contribution in [0.15, 0.2) is 18.2 Å². The minimum Gasteiger partial charge on any atom is -0.311 e. The van der Waals surface area contributed by atoms with Crippen LogP contribution in [0, 0.1) is 11.3 Å². The van der Waals surface area contributed by atoms with Crippen LogP contribution in [0.4, 0.5) is 5.69 Å². The molecule has 0 aromatic heterocycles. The summed E-state index contributed by atoms with van der Waals surface area (Å²) in [5, 5.41) is 0. The molecule has 21 heavy (non-hydrogen) atoms. The van der Waals surface area contributed by atoms with Crippen molar-refractivity contribution in [1.82, 2.24) is 0 Å². The van der Waals surface area contributed by atoms with E-state index in [9.17, 15) is 4.79 Å². The molecule has 116 valence electrons. The van der Waals surface area contributed by atoms with Gasteiger partial charge in [0.2, 0.25) is 5.91 Å². The Kier molecular flexibility index (Phi) is 4.82. The first-order valence-corrected chi connectivity index (χ1v) is 8.69. The fraction of sp³-hybridized carbons (Fsp3) is 0.611. The highest BCUT2D eigenvalue weighted by Gasteiger charge is 2.32. The summed E-state index contributed by atoms with van der Waals surface area (Å²) in [7, 11) is 0. The van der Waals surface area contributed by atoms with Crippen LogP contribution in [0.1, 0.15) is 45.7 Å². The van der Waals surface area contributed by atoms with E-state index in [1.165, 1.54) is 11.1 Å². The number of hydrogen-bond donors (Lipinski definition) is 0. The van der Waals surface area contributed by atoms with E-state index in [0.717, 1.165) is 25.1 Å². The number of benzene rings is 1. The molecule has 0 spiro atoms. The van der Waals surface area contributed by atoms with Gasteiger partial charge in [-0.3, -0.25) is 4.79 Å². The van der Waals surface area contributed by atoms with Crippen LogP contribution in [0.3, 0.4) is 0 Å². The molecule has 0 aliphatic carbocycles. The minimum absolute atomic E-state index is 0.217. The summed E-state index contributed by atoms with van der Waals surface area (Å²) >= 11 is 3.76. The molecule has 1 atom stereocenters. The molecule has 0 saturated carbocycles. The van der Waals surface area contributed by atoms with E-state index >= 15 is 0 Å². The zero-order valence-corrected chi connectivity index (χ0v) is 15.3. The van der Waals surface area contributed by atoms with Gasteiger partial charge in [0.15, 0.2) is 0 Å². The van der Waals surface area contributed by atoms with Crippen molar-refractivity contribution >= 4 is 27.5 Å². The van der Waals surface area contributed by atoms with Gasteiger partial charge in [0.1, 0.15) is 0 Å². The highest BCUT2D eigenvalue weighted by molar-refractivity contribution is 9.09. The number of nitrogens with zero attached hydrogens (tertiary/aromatic N) is 1. The van der Waals surface area contributed by atoms with Crippen molar-refractivity contribution in [1.29, 1.82) is 0 Å². The summed E-state index contributed by atoms with van der Waals surface area (Å²) in [6.07, 6.45) is 2.01. The van der Waals surface area contributed by atoms with Gasteiger partial charge in [-0.25, -0.2) is 0 Å². The Labute approximate surface area is 137 Å². The molecule has 1 unspecified atom stereocenters. The number of fused-ring (bicyclic) bond motifs is 1. The normalized spacial score (nSPS) is 16.2. The molecule has 0 radical (unpaired) electrons. The average Bonchev–Trinajstić information content (AvgIpc) is 2.79. The number of carbonyl (C=O) groups excluding carboxylic acids is 1. The molecular formula is C18H26BrNO. The van der Waals surface area contributed by atoms with E-state index in [0.29, 0.717) is 10.7 Å². The zero-order chi connectivity index (χ0) is 15.8. The zero-order valence-electron chi connectivity index (χ0n) is 13.7. The lowest BCUT2D eigenvalue weighted by Crippen LogP contribution is -2.38. The number of alkyl halides is 1. The summed E-state index contributed by atoms with van der Waals surface area (Å²) < 4.78 is 0. The third-order valence-electron chi connectivity index (χ3n) is 4.08. The summed E-state index contributed by atoms with van der Waals surface area (Å²) in [6, 6.07) is 6.58. The lowest BCUT2D eigenvalue weighted by molar-refractivity contribution is -0.125. The molecule has 0 N–H and O–H groups in total. The van der Waals surface area contributed by atoms with Gasteiger partial charge in [-0.2, -0.15) is 0 Å². The monoisotopic (exact) mass is 351 g/mol. The summed E-state index contributed by atoms with van der Waals surface area (Å²) in [6.45, 7) is 11.2. The quantitative estimate of drug-likeness (QED) is 0.729. The Morgan fingerprint density at radius 3 is 2.57 bits per heavy atom. The highest BCUT2D eigenvalue weighted by Crippen LogP contribution is 2.33. The fourth-order valence-electron chi connectivity index (χ4n) is 2.66. The number of carbonyl (C=O) groups is 1. The van der Waals surface area contributed by atoms with Gasteiger partial charge in [0.05, 0.1) is 0 Å². The Balaban J connectivity index is 2.19. The summed E-state index contributed by atoms with van der Waals surface area (Å²) in [4.78, 5) is 15.0. The van der Waals surface area contributed by atoms with Crippen molar-refractivity contribution in [2.75, 3.05) is 11.4 Å². The lowest BCUT2D eigenvalue weighted by Gasteiger charge is -2.26. The van der Waals surface area contributed by atoms with Crippen LogP contribution in [0.25, 0.3) is 0 Å². The van der Waals surface area contributed by atoms with Gasteiger partial charge in [0.25, 0.3) is 0 Å². The first-order chi connectivity index (χ1) is 9.70. The van der Waals surface area contributed by atoms with Crippen molar-refractivity contribution in [2.24, 2.45) is 11.3 Å². The Morgan fingerprint density at radius 1 is 1.33 bits per heavy atom. The molecule has 2 nitrogen and oxygen atoms in total. The second kappa shape index (κ2) is 6.12. The molecule has 0 fully saturated rings. The van der Waals surface area contributed by atoms with Crippen LogP contribution in [-0.4, -0.2) is 17.3 Å². The van der Waals surface area contributed by atoms with E-state index < -0.39 is 0 Å². The predicted octanol–water partition coefficient (Wildman–Crippen LogP) is 4.58. The van der Waals surface area contributed by atoms with E-state index in [2.05, 4.69) is 48.0 Å². The first kappa shape index (κ1) is 16.5. The molecular weight excluding hydrogens is 326 g/mol. The van der Waals surface area contributed by atoms with Crippen molar-refractivity contribution in [3.8, 4) is 0 Å². The second-order valence-electron chi connectivity index (χ2n) is 7.38. The molecule has 1 aromatic rings. The van der Waals surface area contributed by atoms with Gasteiger partial charge in [0, 0.05) is 22.5 Å². The van der Waals surface area contributed by atoms with E-state index in [4.69, 9.17) is 0 Å². The maximum Gasteiger partial charge on any atom is 0.232 e. The number of anilines is 1. The molecule has 1 aliphatic heterocycles. The standard InChI is InChI=1S/C18H26BrNO/c1-12(2)15(19)11-13-6-7-16-14(10-13)8-9-20(16)17(21)18(3,4)5/h6-7,10,12,15H,8-9,11H2,1-5H3. The van der Waals surface area contributed by atoms with E-state index in [1.54, 1.807) is 0 Å². The van der Waals surface area contributed by atoms with Crippen LogP contribution >= 0.6 is 15.9 Å². The lowest BCUT2D eigenvalue weighted by atomic mass is 9.94. The van der Waals surface area contributed by atoms with Gasteiger partial charge < -0.3 is 4.90 Å². The smallest absolute Gasteiger partial charge is 0.232 e. The molecule has 1 amide bonds. The molecule has 1 aliphatic rings. The van der Waals surface area contributed by atoms with Crippen LogP contribution in [-0.2, 0) is 17.6 Å². The molecule has 1 aromatic carbocycles. The number of halogens is 1. The van der Waals surface area contributed by atoms with Crippen LogP contribution in [0.2, 0.25) is 0 Å². The minimum atomic E-state index is -0.321. The van der Waals surface area contributed by atoms with Crippen molar-refractivity contribution in [3.63, 3.8) is 0 Å². The van der Waals surface area contributed by atoms with Gasteiger partial charge >= 0.3 is 0 Å². The Hall–Kier alpha value is -0.830. The molecule has 0 bridgehead atoms. The van der Waals surface area contributed by atoms with Crippen LogP contribution < -0.4 is 4.90 Å². The van der Waals surface area contributed by atoms with E-state index in [-0.39, 0.29) is 11.3 Å². The van der Waals surface area contributed by atoms with Gasteiger partial charge in [-0.05, 0) is 36.0 Å². The third-order valence-corrected chi connectivity index (χ3v) is 5.46. The molecule has 1 heterocycles. The number of hydrogen-bond acceptors (Lipinski definition) is 1. The largest absolute Gasteiger partial charge is 0.311 e. The Morgan fingerprint density at radius 2 is 2.00 bits per heavy atom. The first-order valence-electron chi connectivity index (χ1n) is 7.78. The maximum absolute atomic E-state index is 12.5. The topological polar surface area (TPSA) is 20.3 Å². The van der Waals surface area contributed by atoms with Gasteiger partial charge in [-0.1, -0.05) is 62.7 Å². The highest BCUT2D eigenvalue weighted by atomic mass is 79.9. The average molecular weight is 352 g/mol. The SMILES string of the molecule is CC(C)C(Br)Cc1ccc2c(c1)CCN2C(=O)C(C)(C)C. The Bertz CT molecular complexity index is 531. The molecule has 0 saturated heterocycles. The summed E-state index contributed by atoms with van der Waals surface area (Å²) in [5.41, 5.74) is 3.45. The van der Waals surface area contributed by atoms with Gasteiger partial charge in [-0.15, -0.1) is 0 Å². The number of rotatable bonds is 3.